The summed E-state index contributed by atoms with van der Waals surface area (Å²) in [6.45, 7) is 1.33. The summed E-state index contributed by atoms with van der Waals surface area (Å²) in [5.41, 5.74) is 8.60. The summed E-state index contributed by atoms with van der Waals surface area (Å²) < 4.78 is 6.00. The Morgan fingerprint density at radius 2 is 2.14 bits per heavy atom. The van der Waals surface area contributed by atoms with Crippen LogP contribution >= 0.6 is 15.9 Å². The lowest BCUT2D eigenvalue weighted by atomic mass is 9.94. The molecule has 3 rings (SSSR count). The van der Waals surface area contributed by atoms with E-state index < -0.39 is 0 Å². The van der Waals surface area contributed by atoms with E-state index in [1.54, 1.807) is 13.3 Å². The quantitative estimate of drug-likeness (QED) is 0.920. The maximum Gasteiger partial charge on any atom is 0.232 e. The van der Waals surface area contributed by atoms with Crippen LogP contribution in [0.3, 0.4) is 0 Å². The van der Waals surface area contributed by atoms with Crippen LogP contribution < -0.4 is 15.4 Å². The summed E-state index contributed by atoms with van der Waals surface area (Å²) in [6, 6.07) is 8.64. The van der Waals surface area contributed by atoms with Gasteiger partial charge in [0.15, 0.2) is 0 Å². The molecule has 21 heavy (non-hydrogen) atoms. The molecule has 5 nitrogen and oxygen atoms in total. The Morgan fingerprint density at radius 1 is 1.38 bits per heavy atom. The molecule has 1 aliphatic heterocycles. The topological polar surface area (TPSA) is 64.3 Å². The number of aromatic nitrogens is 2. The monoisotopic (exact) mass is 348 g/mol. The second-order valence-electron chi connectivity index (χ2n) is 5.02. The Morgan fingerprint density at radius 3 is 2.86 bits per heavy atom. The maximum absolute atomic E-state index is 5.95. The Hall–Kier alpha value is -1.66. The number of halogens is 1. The zero-order valence-electron chi connectivity index (χ0n) is 11.8. The molecule has 110 valence electrons. The summed E-state index contributed by atoms with van der Waals surface area (Å²) in [5, 5.41) is 0. The predicted molar refractivity (Wildman–Crippen MR) is 85.5 cm³/mol. The number of nitrogens with two attached hydrogens (primary N) is 1. The standard InChI is InChI=1S/C15H17BrN4O/c1-21-14-13(16)8-18-15(19-14)20-9-11-5-3-2-4-10(11)6-12(20)7-17/h2-5,8,12H,6-7,9,17H2,1H3. The van der Waals surface area contributed by atoms with Crippen LogP contribution in [-0.4, -0.2) is 29.7 Å². The largest absolute Gasteiger partial charge is 0.480 e. The lowest BCUT2D eigenvalue weighted by Gasteiger charge is -2.36. The predicted octanol–water partition coefficient (Wildman–Crippen LogP) is 2.14. The fourth-order valence-electron chi connectivity index (χ4n) is 2.66. The normalized spacial score (nSPS) is 17.5. The first-order valence-corrected chi connectivity index (χ1v) is 7.62. The molecule has 1 aromatic carbocycles. The fraction of sp³-hybridized carbons (Fsp3) is 0.333. The molecule has 0 saturated carbocycles. The zero-order chi connectivity index (χ0) is 14.8. The van der Waals surface area contributed by atoms with Crippen LogP contribution in [0.1, 0.15) is 11.1 Å². The van der Waals surface area contributed by atoms with Crippen LogP contribution in [0.15, 0.2) is 34.9 Å². The third-order valence-electron chi connectivity index (χ3n) is 3.78. The molecular formula is C15H17BrN4O. The van der Waals surface area contributed by atoms with E-state index in [4.69, 9.17) is 10.5 Å². The average molecular weight is 349 g/mol. The highest BCUT2D eigenvalue weighted by molar-refractivity contribution is 9.10. The first-order valence-electron chi connectivity index (χ1n) is 6.83. The molecule has 0 saturated heterocycles. The van der Waals surface area contributed by atoms with E-state index in [1.807, 2.05) is 0 Å². The van der Waals surface area contributed by atoms with Crippen molar-refractivity contribution in [2.24, 2.45) is 5.73 Å². The van der Waals surface area contributed by atoms with Crippen LogP contribution in [0, 0.1) is 0 Å². The smallest absolute Gasteiger partial charge is 0.232 e. The van der Waals surface area contributed by atoms with Gasteiger partial charge in [-0.15, -0.1) is 0 Å². The lowest BCUT2D eigenvalue weighted by molar-refractivity contribution is 0.392. The molecule has 0 radical (unpaired) electrons. The van der Waals surface area contributed by atoms with Crippen molar-refractivity contribution in [3.63, 3.8) is 0 Å². The van der Waals surface area contributed by atoms with Gasteiger partial charge in [-0.05, 0) is 33.5 Å². The summed E-state index contributed by atoms with van der Waals surface area (Å²) in [7, 11) is 1.60. The second kappa shape index (κ2) is 5.99. The van der Waals surface area contributed by atoms with Gasteiger partial charge in [-0.1, -0.05) is 24.3 Å². The minimum atomic E-state index is 0.200. The third-order valence-corrected chi connectivity index (χ3v) is 4.32. The Kier molecular flexibility index (Phi) is 4.07. The van der Waals surface area contributed by atoms with Gasteiger partial charge in [-0.3, -0.25) is 0 Å². The van der Waals surface area contributed by atoms with E-state index in [-0.39, 0.29) is 6.04 Å². The lowest BCUT2D eigenvalue weighted by Crippen LogP contribution is -2.45. The van der Waals surface area contributed by atoms with Crippen molar-refractivity contribution >= 4 is 21.9 Å². The van der Waals surface area contributed by atoms with Gasteiger partial charge in [-0.25, -0.2) is 4.98 Å². The van der Waals surface area contributed by atoms with E-state index in [2.05, 4.69) is 55.1 Å². The summed E-state index contributed by atoms with van der Waals surface area (Å²) in [4.78, 5) is 11.0. The van der Waals surface area contributed by atoms with Gasteiger partial charge in [0.25, 0.3) is 0 Å². The van der Waals surface area contributed by atoms with E-state index in [1.165, 1.54) is 11.1 Å². The van der Waals surface area contributed by atoms with E-state index in [9.17, 15) is 0 Å². The molecule has 1 aliphatic rings. The maximum atomic E-state index is 5.95. The molecular weight excluding hydrogens is 332 g/mol. The molecule has 2 heterocycles. The number of hydrogen-bond acceptors (Lipinski definition) is 5. The van der Waals surface area contributed by atoms with Gasteiger partial charge >= 0.3 is 0 Å². The fourth-order valence-corrected chi connectivity index (χ4v) is 3.01. The first kappa shape index (κ1) is 14.3. The summed E-state index contributed by atoms with van der Waals surface area (Å²) >= 11 is 3.38. The number of benzene rings is 1. The van der Waals surface area contributed by atoms with Gasteiger partial charge in [-0.2, -0.15) is 4.98 Å². The van der Waals surface area contributed by atoms with Crippen LogP contribution in [0.25, 0.3) is 0 Å². The molecule has 1 unspecified atom stereocenters. The number of methoxy groups -OCH3 is 1. The minimum absolute atomic E-state index is 0.200. The van der Waals surface area contributed by atoms with Crippen molar-refractivity contribution < 1.29 is 4.74 Å². The zero-order valence-corrected chi connectivity index (χ0v) is 13.4. The van der Waals surface area contributed by atoms with Crippen LogP contribution in [-0.2, 0) is 13.0 Å². The molecule has 1 aromatic heterocycles. The van der Waals surface area contributed by atoms with Crippen LogP contribution in [0.4, 0.5) is 5.95 Å². The van der Waals surface area contributed by atoms with Crippen molar-refractivity contribution in [2.45, 2.75) is 19.0 Å². The molecule has 0 fully saturated rings. The van der Waals surface area contributed by atoms with Crippen molar-refractivity contribution in [1.82, 2.24) is 9.97 Å². The highest BCUT2D eigenvalue weighted by Gasteiger charge is 2.27. The highest BCUT2D eigenvalue weighted by Crippen LogP contribution is 2.29. The average Bonchev–Trinajstić information content (AvgIpc) is 2.54. The van der Waals surface area contributed by atoms with Crippen LogP contribution in [0.2, 0.25) is 0 Å². The Labute approximate surface area is 132 Å². The number of rotatable bonds is 3. The van der Waals surface area contributed by atoms with E-state index in [0.29, 0.717) is 18.4 Å². The molecule has 0 aliphatic carbocycles. The van der Waals surface area contributed by atoms with Gasteiger partial charge in [0.05, 0.1) is 17.8 Å². The number of ether oxygens (including phenoxy) is 1. The Balaban J connectivity index is 1.97. The minimum Gasteiger partial charge on any atom is -0.480 e. The van der Waals surface area contributed by atoms with Gasteiger partial charge in [0.1, 0.15) is 0 Å². The third kappa shape index (κ3) is 2.73. The molecule has 0 amide bonds. The molecule has 6 heteroatoms. The summed E-state index contributed by atoms with van der Waals surface area (Å²) in [5.74, 6) is 1.19. The van der Waals surface area contributed by atoms with E-state index >= 15 is 0 Å². The molecule has 1 atom stereocenters. The molecule has 0 spiro atoms. The second-order valence-corrected chi connectivity index (χ2v) is 5.87. The summed E-state index contributed by atoms with van der Waals surface area (Å²) in [6.07, 6.45) is 2.63. The molecule has 2 N–H and O–H groups in total. The van der Waals surface area contributed by atoms with Crippen molar-refractivity contribution in [2.75, 3.05) is 18.6 Å². The van der Waals surface area contributed by atoms with Crippen LogP contribution in [0.5, 0.6) is 5.88 Å². The first-order chi connectivity index (χ1) is 10.2. The molecule has 0 bridgehead atoms. The number of nitrogens with zero attached hydrogens (tertiary/aromatic N) is 3. The van der Waals surface area contributed by atoms with Gasteiger partial charge in [0, 0.05) is 19.1 Å². The van der Waals surface area contributed by atoms with Crippen molar-refractivity contribution in [1.29, 1.82) is 0 Å². The van der Waals surface area contributed by atoms with E-state index in [0.717, 1.165) is 17.4 Å². The van der Waals surface area contributed by atoms with Crippen molar-refractivity contribution in [3.05, 3.63) is 46.1 Å². The van der Waals surface area contributed by atoms with Crippen molar-refractivity contribution in [3.8, 4) is 5.88 Å². The number of hydrogen-bond donors (Lipinski definition) is 1. The van der Waals surface area contributed by atoms with Gasteiger partial charge < -0.3 is 15.4 Å². The number of anilines is 1. The molecule has 2 aromatic rings. The van der Waals surface area contributed by atoms with Gasteiger partial charge in [0.2, 0.25) is 11.8 Å². The SMILES string of the molecule is COc1nc(N2Cc3ccccc3CC2CN)ncc1Br. The Bertz CT molecular complexity index is 649. The number of fused-ring (bicyclic) bond motifs is 1. The highest BCUT2D eigenvalue weighted by atomic mass is 79.9.